The van der Waals surface area contributed by atoms with Gasteiger partial charge in [-0.3, -0.25) is 0 Å². The van der Waals surface area contributed by atoms with E-state index in [1.165, 1.54) is 11.1 Å². The van der Waals surface area contributed by atoms with E-state index in [2.05, 4.69) is 15.9 Å². The topological polar surface area (TPSA) is 23.8 Å². The van der Waals surface area contributed by atoms with Gasteiger partial charge in [0.1, 0.15) is 0 Å². The van der Waals surface area contributed by atoms with Gasteiger partial charge in [0.05, 0.1) is 6.07 Å². The van der Waals surface area contributed by atoms with E-state index in [-0.39, 0.29) is 0 Å². The predicted molar refractivity (Wildman–Crippen MR) is 23.7 cm³/mol. The third-order valence-electron chi connectivity index (χ3n) is 0.138. The molecule has 0 atom stereocenters. The first-order valence-electron chi connectivity index (χ1n) is 1.06. The van der Waals surface area contributed by atoms with Crippen LogP contribution in [0.15, 0.2) is 11.1 Å². The zero-order valence-electron chi connectivity index (χ0n) is 2.48. The molecule has 0 unspecified atom stereocenters. The van der Waals surface area contributed by atoms with Gasteiger partial charge in [-0.25, -0.2) is 0 Å². The first-order valence-corrected chi connectivity index (χ1v) is 1.98. The summed E-state index contributed by atoms with van der Waals surface area (Å²) < 4.78 is 0. The molecule has 0 saturated heterocycles. The lowest BCUT2D eigenvalue weighted by Gasteiger charge is -1.45. The molecule has 0 spiro atoms. The molecule has 0 heterocycles. The minimum atomic E-state index is 1.35. The van der Waals surface area contributed by atoms with Gasteiger partial charge in [0.25, 0.3) is 0 Å². The summed E-state index contributed by atoms with van der Waals surface area (Å²) in [4.78, 5) is 1.51. The van der Waals surface area contributed by atoms with E-state index in [1.54, 1.807) is 6.07 Å². The zero-order chi connectivity index (χ0) is 4.12. The van der Waals surface area contributed by atoms with Crippen LogP contribution in [0.3, 0.4) is 0 Å². The van der Waals surface area contributed by atoms with Gasteiger partial charge in [-0.05, 0) is 4.99 Å². The van der Waals surface area contributed by atoms with Crippen molar-refractivity contribution in [1.82, 2.24) is 0 Å². The molecule has 0 bridgehead atoms. The molecule has 0 aromatic rings. The zero-order valence-corrected chi connectivity index (χ0v) is 4.07. The van der Waals surface area contributed by atoms with E-state index in [0.717, 1.165) is 0 Å². The third-order valence-corrected chi connectivity index (χ3v) is 0.402. The second kappa shape index (κ2) is 3.71. The number of allylic oxidation sites excluding steroid dienone is 1. The quantitative estimate of drug-likeness (QED) is 0.457. The first kappa shape index (κ1) is 4.71. The maximum Gasteiger partial charge on any atom is 0.0917 e. The molecule has 1 nitrogen and oxygen atoms in total. The van der Waals surface area contributed by atoms with Crippen molar-refractivity contribution >= 4 is 15.9 Å². The van der Waals surface area contributed by atoms with Crippen molar-refractivity contribution < 1.29 is 0 Å². The van der Waals surface area contributed by atoms with E-state index in [1.807, 2.05) is 0 Å². The third kappa shape index (κ3) is 3.71. The van der Waals surface area contributed by atoms with Crippen LogP contribution in [0.4, 0.5) is 0 Å². The van der Waals surface area contributed by atoms with E-state index >= 15 is 0 Å². The normalized spacial score (nSPS) is 8.00. The van der Waals surface area contributed by atoms with E-state index in [9.17, 15) is 0 Å². The summed E-state index contributed by atoms with van der Waals surface area (Å²) in [7, 11) is 0. The van der Waals surface area contributed by atoms with Gasteiger partial charge in [-0.2, -0.15) is 5.26 Å². The number of hydrogen-bond acceptors (Lipinski definition) is 1. The first-order chi connectivity index (χ1) is 2.41. The molecule has 0 radical (unpaired) electrons. The van der Waals surface area contributed by atoms with E-state index in [0.29, 0.717) is 0 Å². The Morgan fingerprint density at radius 2 is 2.40 bits per heavy atom. The Labute approximate surface area is 39.0 Å². The molecule has 0 amide bonds. The van der Waals surface area contributed by atoms with Crippen LogP contribution >= 0.6 is 15.9 Å². The van der Waals surface area contributed by atoms with Gasteiger partial charge in [-0.15, -0.1) is 0 Å². The fourth-order valence-electron chi connectivity index (χ4n) is 0.0282. The molecule has 2 heteroatoms. The van der Waals surface area contributed by atoms with Crippen LogP contribution in [-0.2, 0) is 0 Å². The Morgan fingerprint density at radius 1 is 1.80 bits per heavy atom. The molecule has 0 aliphatic rings. The summed E-state index contributed by atoms with van der Waals surface area (Å²) in [6.07, 6.45) is 1.35. The van der Waals surface area contributed by atoms with Gasteiger partial charge in [0.2, 0.25) is 0 Å². The van der Waals surface area contributed by atoms with Crippen LogP contribution in [0, 0.1) is 11.3 Å². The number of halogens is 1. The Kier molecular flexibility index (Phi) is 3.49. The Morgan fingerprint density at radius 3 is 2.40 bits per heavy atom. The minimum Gasteiger partial charge on any atom is -0.193 e. The molecular formula is C3H2BrN. The van der Waals surface area contributed by atoms with Gasteiger partial charge in [0.15, 0.2) is 0 Å². The number of hydrogen-bond donors (Lipinski definition) is 0. The van der Waals surface area contributed by atoms with Gasteiger partial charge >= 0.3 is 0 Å². The smallest absolute Gasteiger partial charge is 0.0917 e. The summed E-state index contributed by atoms with van der Waals surface area (Å²) in [6, 6.07) is 1.79. The van der Waals surface area contributed by atoms with E-state index < -0.39 is 0 Å². The lowest BCUT2D eigenvalue weighted by Crippen LogP contribution is -1.30. The molecule has 5 heavy (non-hydrogen) atoms. The van der Waals surface area contributed by atoms with Crippen LogP contribution in [0.5, 0.6) is 0 Å². The molecule has 0 N–H and O–H groups in total. The SMILES string of the molecule is N#C/C=C\Br. The second-order valence-electron chi connectivity index (χ2n) is 0.422. The van der Waals surface area contributed by atoms with Crippen LogP contribution in [-0.4, -0.2) is 0 Å². The highest BCUT2D eigenvalue weighted by Crippen LogP contribution is 1.76. The van der Waals surface area contributed by atoms with Crippen molar-refractivity contribution in [3.05, 3.63) is 11.1 Å². The summed E-state index contributed by atoms with van der Waals surface area (Å²) in [5.41, 5.74) is 0. The van der Waals surface area contributed by atoms with Crippen molar-refractivity contribution in [3.63, 3.8) is 0 Å². The van der Waals surface area contributed by atoms with E-state index in [4.69, 9.17) is 5.26 Å². The maximum atomic E-state index is 7.70. The molecule has 26 valence electrons. The van der Waals surface area contributed by atoms with Crippen LogP contribution in [0.1, 0.15) is 0 Å². The number of rotatable bonds is 0. The summed E-state index contributed by atoms with van der Waals surface area (Å²) >= 11 is 2.91. The van der Waals surface area contributed by atoms with Crippen molar-refractivity contribution in [1.29, 1.82) is 5.26 Å². The summed E-state index contributed by atoms with van der Waals surface area (Å²) in [5, 5.41) is 7.70. The molecule has 0 saturated carbocycles. The Bertz CT molecular complexity index is 69.5. The van der Waals surface area contributed by atoms with Crippen molar-refractivity contribution in [2.45, 2.75) is 0 Å². The van der Waals surface area contributed by atoms with Gasteiger partial charge in [-0.1, -0.05) is 15.9 Å². The molecule has 0 aliphatic heterocycles. The molecule has 0 rings (SSSR count). The maximum absolute atomic E-state index is 7.70. The average molecular weight is 132 g/mol. The highest BCUT2D eigenvalue weighted by atomic mass is 79.9. The van der Waals surface area contributed by atoms with Crippen LogP contribution in [0.25, 0.3) is 0 Å². The van der Waals surface area contributed by atoms with Crippen LogP contribution in [0.2, 0.25) is 0 Å². The van der Waals surface area contributed by atoms with Crippen LogP contribution < -0.4 is 0 Å². The predicted octanol–water partition coefficient (Wildman–Crippen LogP) is 1.42. The molecular weight excluding hydrogens is 130 g/mol. The van der Waals surface area contributed by atoms with Crippen molar-refractivity contribution in [2.24, 2.45) is 0 Å². The fourth-order valence-corrected chi connectivity index (χ4v) is 0.146. The average Bonchev–Trinajstić information content (AvgIpc) is 1.41. The second-order valence-corrected chi connectivity index (χ2v) is 0.950. The number of nitriles is 1. The highest BCUT2D eigenvalue weighted by molar-refractivity contribution is 9.11. The lowest BCUT2D eigenvalue weighted by atomic mass is 10.7. The van der Waals surface area contributed by atoms with Crippen molar-refractivity contribution in [2.75, 3.05) is 0 Å². The Hall–Kier alpha value is -0.290. The summed E-state index contributed by atoms with van der Waals surface area (Å²) in [6.45, 7) is 0. The molecule has 0 aromatic carbocycles. The van der Waals surface area contributed by atoms with Gasteiger partial charge < -0.3 is 0 Å². The Balaban J connectivity index is 3.04. The highest BCUT2D eigenvalue weighted by Gasteiger charge is 1.47. The largest absolute Gasteiger partial charge is 0.193 e. The molecule has 0 aromatic heterocycles. The fraction of sp³-hybridized carbons (Fsp3) is 0. The monoisotopic (exact) mass is 131 g/mol. The molecule has 0 aliphatic carbocycles. The summed E-state index contributed by atoms with van der Waals surface area (Å²) in [5.74, 6) is 0. The standard InChI is InChI=1S/C3H2BrN/c4-2-1-3-5/h1-2H/b2-1-. The van der Waals surface area contributed by atoms with Gasteiger partial charge in [0, 0.05) is 6.08 Å². The lowest BCUT2D eigenvalue weighted by molar-refractivity contribution is 1.54. The van der Waals surface area contributed by atoms with Crippen molar-refractivity contribution in [3.8, 4) is 6.07 Å². The minimum absolute atomic E-state index is 1.35. The number of nitrogens with zero attached hydrogens (tertiary/aromatic N) is 1. The molecule has 0 fully saturated rings.